The van der Waals surface area contributed by atoms with Crippen LogP contribution in [-0.2, 0) is 6.42 Å². The molecule has 0 saturated carbocycles. The van der Waals surface area contributed by atoms with Crippen molar-refractivity contribution in [1.82, 2.24) is 0 Å². The van der Waals surface area contributed by atoms with Crippen molar-refractivity contribution in [1.29, 1.82) is 0 Å². The van der Waals surface area contributed by atoms with Crippen molar-refractivity contribution in [2.45, 2.75) is 6.42 Å². The Morgan fingerprint density at radius 2 is 2.25 bits per heavy atom. The standard InChI is InChI=1S/C9H10BrO2/c1-12-9-3-2-7(4-5-11)6-8(9)10/h2-3,6,11H,1,4-5H2. The maximum Gasteiger partial charge on any atom is 0.133 e. The highest BCUT2D eigenvalue weighted by Crippen LogP contribution is 2.25. The number of hydrogen-bond acceptors (Lipinski definition) is 2. The maximum absolute atomic E-state index is 8.68. The minimum Gasteiger partial charge on any atom is -0.489 e. The van der Waals surface area contributed by atoms with Crippen molar-refractivity contribution in [3.63, 3.8) is 0 Å². The van der Waals surface area contributed by atoms with Gasteiger partial charge in [-0.1, -0.05) is 6.07 Å². The lowest BCUT2D eigenvalue weighted by Gasteiger charge is -2.04. The fourth-order valence-electron chi connectivity index (χ4n) is 0.946. The Morgan fingerprint density at radius 3 is 2.75 bits per heavy atom. The highest BCUT2D eigenvalue weighted by atomic mass is 79.9. The van der Waals surface area contributed by atoms with E-state index in [1.54, 1.807) is 0 Å². The number of ether oxygens (including phenoxy) is 1. The fourth-order valence-corrected chi connectivity index (χ4v) is 1.49. The summed E-state index contributed by atoms with van der Waals surface area (Å²) in [6.07, 6.45) is 0.663. The summed E-state index contributed by atoms with van der Waals surface area (Å²) in [5.41, 5.74) is 1.07. The number of halogens is 1. The first-order chi connectivity index (χ1) is 5.77. The maximum atomic E-state index is 8.68. The van der Waals surface area contributed by atoms with Crippen molar-refractivity contribution in [3.05, 3.63) is 35.3 Å². The molecule has 0 amide bonds. The Kier molecular flexibility index (Phi) is 3.56. The average Bonchev–Trinajstić information content (AvgIpc) is 2.05. The van der Waals surface area contributed by atoms with Crippen LogP contribution in [-0.4, -0.2) is 11.7 Å². The molecule has 1 radical (unpaired) electrons. The van der Waals surface area contributed by atoms with Gasteiger partial charge in [0.1, 0.15) is 12.9 Å². The Morgan fingerprint density at radius 1 is 1.50 bits per heavy atom. The lowest BCUT2D eigenvalue weighted by atomic mass is 10.1. The van der Waals surface area contributed by atoms with Crippen LogP contribution in [0.2, 0.25) is 0 Å². The first kappa shape index (κ1) is 9.55. The lowest BCUT2D eigenvalue weighted by molar-refractivity contribution is 0.299. The average molecular weight is 230 g/mol. The third-order valence-corrected chi connectivity index (χ3v) is 2.17. The molecule has 0 aromatic heterocycles. The second kappa shape index (κ2) is 4.48. The summed E-state index contributed by atoms with van der Waals surface area (Å²) in [4.78, 5) is 0. The van der Waals surface area contributed by atoms with E-state index >= 15 is 0 Å². The number of aliphatic hydroxyl groups excluding tert-OH is 1. The third-order valence-electron chi connectivity index (χ3n) is 1.55. The van der Waals surface area contributed by atoms with Gasteiger partial charge < -0.3 is 9.84 Å². The highest BCUT2D eigenvalue weighted by molar-refractivity contribution is 9.10. The largest absolute Gasteiger partial charge is 0.489 e. The van der Waals surface area contributed by atoms with E-state index in [1.807, 2.05) is 18.2 Å². The van der Waals surface area contributed by atoms with Gasteiger partial charge in [-0.3, -0.25) is 0 Å². The molecule has 1 N–H and O–H groups in total. The van der Waals surface area contributed by atoms with E-state index < -0.39 is 0 Å². The molecule has 0 fully saturated rings. The Labute approximate surface area is 80.3 Å². The molecular formula is C9H10BrO2. The first-order valence-corrected chi connectivity index (χ1v) is 4.38. The monoisotopic (exact) mass is 229 g/mol. The predicted octanol–water partition coefficient (Wildman–Crippen LogP) is 2.15. The van der Waals surface area contributed by atoms with E-state index in [-0.39, 0.29) is 6.61 Å². The summed E-state index contributed by atoms with van der Waals surface area (Å²) in [5, 5.41) is 8.68. The molecule has 0 aliphatic carbocycles. The third kappa shape index (κ3) is 2.22. The van der Waals surface area contributed by atoms with Gasteiger partial charge in [0.05, 0.1) is 4.47 Å². The lowest BCUT2D eigenvalue weighted by Crippen LogP contribution is -1.91. The number of aliphatic hydroxyl groups is 1. The molecular weight excluding hydrogens is 220 g/mol. The number of hydrogen-bond donors (Lipinski definition) is 1. The van der Waals surface area contributed by atoms with E-state index in [1.165, 1.54) is 0 Å². The van der Waals surface area contributed by atoms with Gasteiger partial charge in [-0.05, 0) is 40.0 Å². The van der Waals surface area contributed by atoms with Crippen LogP contribution >= 0.6 is 15.9 Å². The van der Waals surface area contributed by atoms with E-state index in [4.69, 9.17) is 9.84 Å². The Balaban J connectivity index is 2.86. The minimum absolute atomic E-state index is 0.164. The zero-order valence-corrected chi connectivity index (χ0v) is 8.17. The summed E-state index contributed by atoms with van der Waals surface area (Å²) in [6.45, 7) is 0.164. The summed E-state index contributed by atoms with van der Waals surface area (Å²) in [6, 6.07) is 5.64. The molecule has 1 aromatic rings. The van der Waals surface area contributed by atoms with Gasteiger partial charge in [0, 0.05) is 6.61 Å². The predicted molar refractivity (Wildman–Crippen MR) is 50.9 cm³/mol. The van der Waals surface area contributed by atoms with E-state index in [0.717, 1.165) is 10.0 Å². The van der Waals surface area contributed by atoms with Crippen LogP contribution in [0.3, 0.4) is 0 Å². The van der Waals surface area contributed by atoms with Crippen LogP contribution in [0.1, 0.15) is 5.56 Å². The van der Waals surface area contributed by atoms with Gasteiger partial charge in [-0.25, -0.2) is 0 Å². The van der Waals surface area contributed by atoms with Crippen molar-refractivity contribution in [2.24, 2.45) is 0 Å². The van der Waals surface area contributed by atoms with E-state index in [0.29, 0.717) is 12.2 Å². The molecule has 0 aliphatic rings. The fraction of sp³-hybridized carbons (Fsp3) is 0.222. The van der Waals surface area contributed by atoms with Gasteiger partial charge in [0.2, 0.25) is 0 Å². The van der Waals surface area contributed by atoms with Gasteiger partial charge in [0.15, 0.2) is 0 Å². The van der Waals surface area contributed by atoms with Crippen LogP contribution in [0.4, 0.5) is 0 Å². The van der Waals surface area contributed by atoms with Crippen LogP contribution in [0, 0.1) is 7.11 Å². The summed E-state index contributed by atoms with van der Waals surface area (Å²) < 4.78 is 5.68. The van der Waals surface area contributed by atoms with Crippen LogP contribution in [0.25, 0.3) is 0 Å². The van der Waals surface area contributed by atoms with Gasteiger partial charge in [0.25, 0.3) is 0 Å². The summed E-state index contributed by atoms with van der Waals surface area (Å²) >= 11 is 3.33. The van der Waals surface area contributed by atoms with Gasteiger partial charge in [-0.15, -0.1) is 0 Å². The van der Waals surface area contributed by atoms with Crippen LogP contribution < -0.4 is 4.74 Å². The summed E-state index contributed by atoms with van der Waals surface area (Å²) in [5.74, 6) is 0.705. The Bertz CT molecular complexity index is 261. The second-order valence-electron chi connectivity index (χ2n) is 2.38. The van der Waals surface area contributed by atoms with Crippen molar-refractivity contribution in [3.8, 4) is 5.75 Å². The van der Waals surface area contributed by atoms with Crippen LogP contribution in [0.15, 0.2) is 22.7 Å². The van der Waals surface area contributed by atoms with E-state index in [2.05, 4.69) is 23.0 Å². The van der Waals surface area contributed by atoms with Crippen LogP contribution in [0.5, 0.6) is 5.75 Å². The van der Waals surface area contributed by atoms with Gasteiger partial charge in [-0.2, -0.15) is 0 Å². The normalized spacial score (nSPS) is 9.92. The van der Waals surface area contributed by atoms with Gasteiger partial charge >= 0.3 is 0 Å². The SMILES string of the molecule is [CH2]Oc1ccc(CCO)cc1Br. The topological polar surface area (TPSA) is 29.5 Å². The molecule has 0 bridgehead atoms. The van der Waals surface area contributed by atoms with Crippen molar-refractivity contribution < 1.29 is 9.84 Å². The zero-order valence-electron chi connectivity index (χ0n) is 6.59. The smallest absolute Gasteiger partial charge is 0.133 e. The number of rotatable bonds is 3. The second-order valence-corrected chi connectivity index (χ2v) is 3.24. The van der Waals surface area contributed by atoms with Crippen molar-refractivity contribution in [2.75, 3.05) is 6.61 Å². The molecule has 0 saturated heterocycles. The molecule has 0 atom stereocenters. The molecule has 12 heavy (non-hydrogen) atoms. The molecule has 65 valence electrons. The highest BCUT2D eigenvalue weighted by Gasteiger charge is 2.00. The number of benzene rings is 1. The molecule has 2 nitrogen and oxygen atoms in total. The molecule has 1 rings (SSSR count). The quantitative estimate of drug-likeness (QED) is 0.862. The zero-order chi connectivity index (χ0) is 8.97. The summed E-state index contributed by atoms with van der Waals surface area (Å²) in [7, 11) is 3.31. The molecule has 1 aromatic carbocycles. The first-order valence-electron chi connectivity index (χ1n) is 3.59. The minimum atomic E-state index is 0.164. The van der Waals surface area contributed by atoms with Crippen molar-refractivity contribution >= 4 is 15.9 Å². The molecule has 0 heterocycles. The molecule has 0 spiro atoms. The van der Waals surface area contributed by atoms with E-state index in [9.17, 15) is 0 Å². The molecule has 3 heteroatoms. The molecule has 0 unspecified atom stereocenters. The Hall–Kier alpha value is -0.540. The molecule has 0 aliphatic heterocycles.